The molecule has 0 aromatic carbocycles. The molecule has 2 heteroatoms. The smallest absolute Gasteiger partial charge is 0.168 e. The van der Waals surface area contributed by atoms with Gasteiger partial charge in [-0.2, -0.15) is 0 Å². The van der Waals surface area contributed by atoms with Crippen molar-refractivity contribution in [3.63, 3.8) is 0 Å². The maximum atomic E-state index is 6.42. The van der Waals surface area contributed by atoms with Crippen LogP contribution in [0.15, 0.2) is 0 Å². The van der Waals surface area contributed by atoms with Gasteiger partial charge >= 0.3 is 0 Å². The molecule has 1 saturated heterocycles. The molecule has 0 radical (unpaired) electrons. The van der Waals surface area contributed by atoms with Crippen LogP contribution in [-0.2, 0) is 9.47 Å². The second kappa shape index (κ2) is 4.55. The van der Waals surface area contributed by atoms with Gasteiger partial charge < -0.3 is 9.47 Å². The van der Waals surface area contributed by atoms with E-state index in [1.54, 1.807) is 0 Å². The first-order valence-corrected chi connectivity index (χ1v) is 7.16. The van der Waals surface area contributed by atoms with E-state index >= 15 is 0 Å². The molecule has 2 rings (SSSR count). The Hall–Kier alpha value is -0.0800. The molecule has 1 heterocycles. The third kappa shape index (κ3) is 2.68. The van der Waals surface area contributed by atoms with Gasteiger partial charge in [0.2, 0.25) is 0 Å². The average Bonchev–Trinajstić information content (AvgIpc) is 2.26. The predicted molar refractivity (Wildman–Crippen MR) is 69.8 cm³/mol. The van der Waals surface area contributed by atoms with Crippen molar-refractivity contribution >= 4 is 0 Å². The number of hydrogen-bond donors (Lipinski definition) is 0. The summed E-state index contributed by atoms with van der Waals surface area (Å²) in [5.41, 5.74) is 0.141. The Morgan fingerprint density at radius 1 is 1.12 bits per heavy atom. The summed E-state index contributed by atoms with van der Waals surface area (Å²) >= 11 is 0. The number of rotatable bonds is 1. The maximum absolute atomic E-state index is 6.42. The highest BCUT2D eigenvalue weighted by Gasteiger charge is 2.48. The van der Waals surface area contributed by atoms with Crippen LogP contribution in [0.25, 0.3) is 0 Å². The first-order chi connectivity index (χ1) is 7.85. The molecule has 0 aromatic heterocycles. The predicted octanol–water partition coefficient (Wildman–Crippen LogP) is 3.99. The van der Waals surface area contributed by atoms with Crippen LogP contribution in [0.4, 0.5) is 0 Å². The van der Waals surface area contributed by atoms with E-state index in [1.807, 2.05) is 0 Å². The van der Waals surface area contributed by atoms with Crippen LogP contribution in [0.3, 0.4) is 0 Å². The summed E-state index contributed by atoms with van der Waals surface area (Å²) < 4.78 is 12.5. The third-order valence-electron chi connectivity index (χ3n) is 4.46. The van der Waals surface area contributed by atoms with Gasteiger partial charge in [0.25, 0.3) is 0 Å². The highest BCUT2D eigenvalue weighted by atomic mass is 16.7. The molecule has 1 unspecified atom stereocenters. The minimum Gasteiger partial charge on any atom is -0.349 e. The standard InChI is InChI=1S/C15H28O2/c1-11(2)13-14(4,5)10-16-15(17-13)8-6-12(3)7-9-15/h11-13H,6-10H2,1-5H3. The van der Waals surface area contributed by atoms with E-state index in [2.05, 4.69) is 34.6 Å². The average molecular weight is 240 g/mol. The fourth-order valence-electron chi connectivity index (χ4n) is 3.33. The fraction of sp³-hybridized carbons (Fsp3) is 1.00. The van der Waals surface area contributed by atoms with E-state index in [-0.39, 0.29) is 11.2 Å². The highest BCUT2D eigenvalue weighted by molar-refractivity contribution is 4.91. The van der Waals surface area contributed by atoms with Crippen LogP contribution in [0.2, 0.25) is 0 Å². The molecule has 0 aromatic rings. The summed E-state index contributed by atoms with van der Waals surface area (Å²) in [6, 6.07) is 0. The van der Waals surface area contributed by atoms with E-state index in [4.69, 9.17) is 9.47 Å². The Bertz CT molecular complexity index is 262. The van der Waals surface area contributed by atoms with Crippen molar-refractivity contribution in [2.24, 2.45) is 17.3 Å². The lowest BCUT2D eigenvalue weighted by Crippen LogP contribution is -2.55. The number of hydrogen-bond acceptors (Lipinski definition) is 2. The Kier molecular flexibility index (Phi) is 3.57. The van der Waals surface area contributed by atoms with Crippen LogP contribution in [0, 0.1) is 17.3 Å². The molecule has 0 amide bonds. The number of ether oxygens (including phenoxy) is 2. The van der Waals surface area contributed by atoms with Gasteiger partial charge in [0, 0.05) is 18.3 Å². The second-order valence-corrected chi connectivity index (χ2v) is 7.15. The molecule has 2 fully saturated rings. The first kappa shape index (κ1) is 13.4. The Morgan fingerprint density at radius 3 is 2.24 bits per heavy atom. The van der Waals surface area contributed by atoms with Crippen molar-refractivity contribution < 1.29 is 9.47 Å². The van der Waals surface area contributed by atoms with Crippen LogP contribution in [0.5, 0.6) is 0 Å². The summed E-state index contributed by atoms with van der Waals surface area (Å²) in [4.78, 5) is 0. The van der Waals surface area contributed by atoms with Gasteiger partial charge in [0.15, 0.2) is 5.79 Å². The van der Waals surface area contributed by atoms with Crippen molar-refractivity contribution in [3.8, 4) is 0 Å². The van der Waals surface area contributed by atoms with Crippen molar-refractivity contribution in [2.45, 2.75) is 72.2 Å². The van der Waals surface area contributed by atoms with Gasteiger partial charge in [-0.3, -0.25) is 0 Å². The normalized spacial score (nSPS) is 42.0. The van der Waals surface area contributed by atoms with Crippen LogP contribution < -0.4 is 0 Å². The van der Waals surface area contributed by atoms with Crippen molar-refractivity contribution in [1.29, 1.82) is 0 Å². The van der Waals surface area contributed by atoms with E-state index in [9.17, 15) is 0 Å². The van der Waals surface area contributed by atoms with E-state index < -0.39 is 0 Å². The summed E-state index contributed by atoms with van der Waals surface area (Å²) in [5, 5.41) is 0. The van der Waals surface area contributed by atoms with Gasteiger partial charge in [-0.05, 0) is 24.7 Å². The summed E-state index contributed by atoms with van der Waals surface area (Å²) in [7, 11) is 0. The second-order valence-electron chi connectivity index (χ2n) is 7.15. The molecular formula is C15H28O2. The molecule has 1 spiro atoms. The van der Waals surface area contributed by atoms with Gasteiger partial charge in [-0.1, -0.05) is 34.6 Å². The Labute approximate surface area is 106 Å². The minimum atomic E-state index is -0.253. The van der Waals surface area contributed by atoms with Crippen LogP contribution in [0.1, 0.15) is 60.3 Å². The maximum Gasteiger partial charge on any atom is 0.168 e. The van der Waals surface area contributed by atoms with Gasteiger partial charge in [-0.15, -0.1) is 0 Å². The van der Waals surface area contributed by atoms with Crippen LogP contribution >= 0.6 is 0 Å². The lowest BCUT2D eigenvalue weighted by molar-refractivity contribution is -0.347. The molecule has 1 saturated carbocycles. The fourth-order valence-corrected chi connectivity index (χ4v) is 3.33. The zero-order valence-electron chi connectivity index (χ0n) is 12.1. The monoisotopic (exact) mass is 240 g/mol. The third-order valence-corrected chi connectivity index (χ3v) is 4.46. The topological polar surface area (TPSA) is 18.5 Å². The summed E-state index contributed by atoms with van der Waals surface area (Å²) in [6.07, 6.45) is 4.96. The summed E-state index contributed by atoms with van der Waals surface area (Å²) in [5.74, 6) is 1.14. The van der Waals surface area contributed by atoms with E-state index in [1.165, 1.54) is 12.8 Å². The Morgan fingerprint density at radius 2 is 1.71 bits per heavy atom. The quantitative estimate of drug-likeness (QED) is 0.690. The molecule has 17 heavy (non-hydrogen) atoms. The molecule has 0 bridgehead atoms. The van der Waals surface area contributed by atoms with Crippen LogP contribution in [-0.4, -0.2) is 18.5 Å². The SMILES string of the molecule is CC1CCC2(CC1)OCC(C)(C)C(C(C)C)O2. The van der Waals surface area contributed by atoms with Crippen molar-refractivity contribution in [1.82, 2.24) is 0 Å². The first-order valence-electron chi connectivity index (χ1n) is 7.16. The van der Waals surface area contributed by atoms with E-state index in [0.29, 0.717) is 12.0 Å². The molecule has 1 atom stereocenters. The molecule has 100 valence electrons. The highest BCUT2D eigenvalue weighted by Crippen LogP contribution is 2.45. The zero-order valence-corrected chi connectivity index (χ0v) is 12.1. The van der Waals surface area contributed by atoms with E-state index in [0.717, 1.165) is 25.4 Å². The molecule has 1 aliphatic heterocycles. The minimum absolute atomic E-state index is 0.141. The molecule has 0 N–H and O–H groups in total. The summed E-state index contributed by atoms with van der Waals surface area (Å²) in [6.45, 7) is 12.2. The Balaban J connectivity index is 2.08. The lowest BCUT2D eigenvalue weighted by atomic mass is 9.78. The molecule has 2 nitrogen and oxygen atoms in total. The molecule has 2 aliphatic rings. The van der Waals surface area contributed by atoms with Gasteiger partial charge in [0.1, 0.15) is 0 Å². The largest absolute Gasteiger partial charge is 0.349 e. The lowest BCUT2D eigenvalue weighted by Gasteiger charge is -2.52. The van der Waals surface area contributed by atoms with Crippen molar-refractivity contribution in [3.05, 3.63) is 0 Å². The van der Waals surface area contributed by atoms with Gasteiger partial charge in [-0.25, -0.2) is 0 Å². The van der Waals surface area contributed by atoms with Gasteiger partial charge in [0.05, 0.1) is 12.7 Å². The molecule has 1 aliphatic carbocycles. The zero-order chi connectivity index (χ0) is 12.7. The van der Waals surface area contributed by atoms with Crippen molar-refractivity contribution in [2.75, 3.05) is 6.61 Å². The molecular weight excluding hydrogens is 212 g/mol.